The molecular weight excluding hydrogens is 804 g/mol. The highest BCUT2D eigenvalue weighted by Crippen LogP contribution is 2.60. The molecule has 0 radical (unpaired) electrons. The molecule has 2 heterocycles. The lowest BCUT2D eigenvalue weighted by atomic mass is 9.81. The molecule has 7 nitrogen and oxygen atoms in total. The molecular formula is C38H33Br3N2O5. The van der Waals surface area contributed by atoms with Crippen LogP contribution >= 0.6 is 47.8 Å². The average molecular weight is 837 g/mol. The number of aryl methyl sites for hydroxylation is 1. The van der Waals surface area contributed by atoms with Crippen molar-refractivity contribution in [3.63, 3.8) is 0 Å². The van der Waals surface area contributed by atoms with Gasteiger partial charge < -0.3 is 4.74 Å². The highest BCUT2D eigenvalue weighted by atomic mass is 79.9. The molecule has 7 rings (SSSR count). The van der Waals surface area contributed by atoms with Crippen molar-refractivity contribution < 1.29 is 23.9 Å². The number of halogens is 3. The van der Waals surface area contributed by atoms with Gasteiger partial charge in [-0.05, 0) is 67.0 Å². The summed E-state index contributed by atoms with van der Waals surface area (Å²) in [6, 6.07) is 21.6. The largest absolute Gasteiger partial charge is 0.450 e. The fourth-order valence-corrected chi connectivity index (χ4v) is 10.2. The summed E-state index contributed by atoms with van der Waals surface area (Å²) in [4.78, 5) is 61.3. The Bertz CT molecular complexity index is 1920. The number of anilines is 1. The van der Waals surface area contributed by atoms with Crippen LogP contribution in [0.25, 0.3) is 22.2 Å². The summed E-state index contributed by atoms with van der Waals surface area (Å²) < 4.78 is 6.78. The van der Waals surface area contributed by atoms with E-state index < -0.39 is 12.1 Å². The molecule has 2 amide bonds. The molecule has 2 aliphatic carbocycles. The summed E-state index contributed by atoms with van der Waals surface area (Å²) in [6.07, 6.45) is 1.68. The monoisotopic (exact) mass is 834 g/mol. The zero-order valence-corrected chi connectivity index (χ0v) is 31.1. The smallest absolute Gasteiger partial charge is 0.339 e. The Hall–Kier alpha value is -3.21. The van der Waals surface area contributed by atoms with Crippen molar-refractivity contribution in [1.82, 2.24) is 4.98 Å². The summed E-state index contributed by atoms with van der Waals surface area (Å²) in [5.41, 5.74) is 4.19. The molecule has 1 aromatic heterocycles. The van der Waals surface area contributed by atoms with E-state index in [1.165, 1.54) is 4.90 Å². The number of carbonyl (C=O) groups is 4. The van der Waals surface area contributed by atoms with Crippen LogP contribution in [0.4, 0.5) is 5.69 Å². The molecule has 1 aliphatic heterocycles. The molecule has 0 spiro atoms. The predicted molar refractivity (Wildman–Crippen MR) is 196 cm³/mol. The van der Waals surface area contributed by atoms with Crippen molar-refractivity contribution >= 4 is 87.9 Å². The number of pyridine rings is 1. The summed E-state index contributed by atoms with van der Waals surface area (Å²) in [7, 11) is 0. The minimum absolute atomic E-state index is 0.132. The van der Waals surface area contributed by atoms with Crippen molar-refractivity contribution in [2.75, 3.05) is 4.90 Å². The van der Waals surface area contributed by atoms with Crippen LogP contribution in [0.5, 0.6) is 0 Å². The van der Waals surface area contributed by atoms with Gasteiger partial charge in [0.2, 0.25) is 17.6 Å². The van der Waals surface area contributed by atoms with Crippen molar-refractivity contribution in [2.45, 2.75) is 55.3 Å². The van der Waals surface area contributed by atoms with Crippen LogP contribution in [0.15, 0.2) is 77.3 Å². The Kier molecular flexibility index (Phi) is 9.19. The van der Waals surface area contributed by atoms with Gasteiger partial charge in [0, 0.05) is 30.6 Å². The van der Waals surface area contributed by atoms with E-state index in [1.54, 1.807) is 42.5 Å². The van der Waals surface area contributed by atoms with Gasteiger partial charge in [0.05, 0.1) is 34.3 Å². The van der Waals surface area contributed by atoms with Gasteiger partial charge in [-0.2, -0.15) is 0 Å². The molecule has 2 bridgehead atoms. The van der Waals surface area contributed by atoms with Crippen LogP contribution in [0.1, 0.15) is 59.4 Å². The highest BCUT2D eigenvalue weighted by Gasteiger charge is 2.66. The molecule has 3 aliphatic rings. The lowest BCUT2D eigenvalue weighted by Crippen LogP contribution is -2.37. The summed E-state index contributed by atoms with van der Waals surface area (Å²) in [5, 5.41) is 0.624. The Morgan fingerprint density at radius 3 is 2.17 bits per heavy atom. The number of ether oxygens (including phenoxy) is 1. The number of Topliss-reactive ketones (excluding diaryl/α,β-unsaturated/α-hetero) is 1. The topological polar surface area (TPSA) is 93.6 Å². The number of hydrogen-bond donors (Lipinski definition) is 0. The van der Waals surface area contributed by atoms with E-state index in [2.05, 4.69) is 47.8 Å². The molecule has 0 N–H and O–H groups in total. The van der Waals surface area contributed by atoms with Gasteiger partial charge in [-0.15, -0.1) is 0 Å². The second kappa shape index (κ2) is 13.2. The van der Waals surface area contributed by atoms with Gasteiger partial charge in [0.15, 0.2) is 6.10 Å². The van der Waals surface area contributed by atoms with Gasteiger partial charge in [0.25, 0.3) is 0 Å². The molecule has 4 aromatic rings. The Balaban J connectivity index is 1.23. The number of nitrogens with zero attached hydrogens (tertiary/aromatic N) is 2. The third-order valence-corrected chi connectivity index (χ3v) is 13.8. The zero-order chi connectivity index (χ0) is 33.9. The standard InChI is InChI=1S/C38H33Br3N2O5/c1-3-8-29(35(44)21-9-6-5-7-10-21)48-38(47)25-18-28(42-34-19(4-2)15-22(39)16-24(25)34)20-11-13-23(14-12-20)43-36(45)30-26-17-27(31(30)37(43)46)33(41)32(26)40/h5-7,9-16,18,26-27,29-33H,3-4,8,17H2,1-2H3. The van der Waals surface area contributed by atoms with Crippen LogP contribution in [-0.2, 0) is 20.7 Å². The fraction of sp³-hybridized carbons (Fsp3) is 0.342. The molecule has 48 heavy (non-hydrogen) atoms. The molecule has 10 heteroatoms. The van der Waals surface area contributed by atoms with Crippen LogP contribution < -0.4 is 4.90 Å². The minimum atomic E-state index is -0.932. The van der Waals surface area contributed by atoms with Gasteiger partial charge in [-0.25, -0.2) is 9.78 Å². The second-order valence-electron chi connectivity index (χ2n) is 12.8. The van der Waals surface area contributed by atoms with E-state index in [9.17, 15) is 19.2 Å². The van der Waals surface area contributed by atoms with Gasteiger partial charge >= 0.3 is 5.97 Å². The van der Waals surface area contributed by atoms with E-state index in [0.29, 0.717) is 58.2 Å². The van der Waals surface area contributed by atoms with E-state index in [1.807, 2.05) is 44.2 Å². The van der Waals surface area contributed by atoms with Crippen LogP contribution in [0.2, 0.25) is 0 Å². The molecule has 2 saturated carbocycles. The van der Waals surface area contributed by atoms with Crippen LogP contribution in [-0.4, -0.2) is 44.3 Å². The molecule has 7 atom stereocenters. The van der Waals surface area contributed by atoms with Crippen LogP contribution in [0, 0.1) is 23.7 Å². The third kappa shape index (κ3) is 5.57. The number of ketones is 1. The first kappa shape index (κ1) is 33.3. The maximum absolute atomic E-state index is 14.0. The number of fused-ring (bicyclic) bond motifs is 6. The number of hydrogen-bond acceptors (Lipinski definition) is 6. The maximum atomic E-state index is 14.0. The van der Waals surface area contributed by atoms with Crippen molar-refractivity contribution in [3.05, 3.63) is 94.0 Å². The molecule has 3 aromatic carbocycles. The highest BCUT2D eigenvalue weighted by molar-refractivity contribution is 9.12. The number of benzene rings is 3. The summed E-state index contributed by atoms with van der Waals surface area (Å²) >= 11 is 11.1. The number of carbonyl (C=O) groups excluding carboxylic acids is 4. The number of alkyl halides is 2. The number of esters is 1. The molecule has 246 valence electrons. The van der Waals surface area contributed by atoms with Crippen molar-refractivity contribution in [2.24, 2.45) is 23.7 Å². The van der Waals surface area contributed by atoms with Gasteiger partial charge in [-0.1, -0.05) is 111 Å². The second-order valence-corrected chi connectivity index (χ2v) is 15.9. The maximum Gasteiger partial charge on any atom is 0.339 e. The SMILES string of the molecule is CCCC(OC(=O)c1cc(-c2ccc(N3C(=O)C4C5CC(C(Br)C5Br)C4C3=O)cc2)nc2c(CC)cc(Br)cc12)C(=O)c1ccccc1. The summed E-state index contributed by atoms with van der Waals surface area (Å²) in [6.45, 7) is 3.98. The minimum Gasteiger partial charge on any atom is -0.450 e. The predicted octanol–water partition coefficient (Wildman–Crippen LogP) is 8.72. The Morgan fingerprint density at radius 1 is 0.917 bits per heavy atom. The fourth-order valence-electron chi connectivity index (χ4n) is 7.82. The first-order valence-electron chi connectivity index (χ1n) is 16.3. The quantitative estimate of drug-likeness (QED) is 0.0725. The van der Waals surface area contributed by atoms with E-state index >= 15 is 0 Å². The summed E-state index contributed by atoms with van der Waals surface area (Å²) in [5.74, 6) is -1.43. The number of amides is 2. The normalized spacial score (nSPS) is 25.1. The van der Waals surface area contributed by atoms with E-state index in [0.717, 1.165) is 16.5 Å². The van der Waals surface area contributed by atoms with Crippen molar-refractivity contribution in [3.8, 4) is 11.3 Å². The average Bonchev–Trinajstić information content (AvgIpc) is 3.71. The number of imide groups is 1. The van der Waals surface area contributed by atoms with E-state index in [4.69, 9.17) is 9.72 Å². The first-order valence-corrected chi connectivity index (χ1v) is 18.9. The third-order valence-electron chi connectivity index (χ3n) is 10.1. The van der Waals surface area contributed by atoms with Crippen molar-refractivity contribution in [1.29, 1.82) is 0 Å². The molecule has 7 unspecified atom stereocenters. The first-order chi connectivity index (χ1) is 23.1. The zero-order valence-electron chi connectivity index (χ0n) is 26.4. The lowest BCUT2D eigenvalue weighted by Gasteiger charge is -2.28. The van der Waals surface area contributed by atoms with Gasteiger partial charge in [0.1, 0.15) is 0 Å². The Morgan fingerprint density at radius 2 is 1.56 bits per heavy atom. The number of rotatable bonds is 9. The van der Waals surface area contributed by atoms with E-state index in [-0.39, 0.29) is 50.9 Å². The molecule has 1 saturated heterocycles. The lowest BCUT2D eigenvalue weighted by molar-refractivity contribution is -0.123. The van der Waals surface area contributed by atoms with Crippen LogP contribution in [0.3, 0.4) is 0 Å². The van der Waals surface area contributed by atoms with Gasteiger partial charge in [-0.3, -0.25) is 19.3 Å². The Labute approximate surface area is 304 Å². The molecule has 3 fully saturated rings. The number of aromatic nitrogens is 1.